The van der Waals surface area contributed by atoms with Gasteiger partial charge >= 0.3 is 0 Å². The normalized spacial score (nSPS) is 25.8. The summed E-state index contributed by atoms with van der Waals surface area (Å²) in [6.45, 7) is 4.34. The molecule has 1 atom stereocenters. The molecule has 2 rings (SSSR count). The number of hydrogen-bond donors (Lipinski definition) is 1. The number of hydrogen-bond acceptors (Lipinski definition) is 2. The van der Waals surface area contributed by atoms with Crippen LogP contribution in [0.4, 0.5) is 0 Å². The molecule has 1 aromatic carbocycles. The minimum absolute atomic E-state index is 0.0456. The van der Waals surface area contributed by atoms with Crippen LogP contribution in [-0.4, -0.2) is 30.1 Å². The van der Waals surface area contributed by atoms with Gasteiger partial charge < -0.3 is 10.0 Å². The smallest absolute Gasteiger partial charge is 0.115 e. The van der Waals surface area contributed by atoms with Gasteiger partial charge in [-0.3, -0.25) is 0 Å². The predicted octanol–water partition coefficient (Wildman–Crippen LogP) is 2.93. The fourth-order valence-corrected chi connectivity index (χ4v) is 2.65. The second kappa shape index (κ2) is 4.92. The molecular weight excluding hydrogens is 210 g/mol. The summed E-state index contributed by atoms with van der Waals surface area (Å²) in [5.41, 5.74) is 1.26. The van der Waals surface area contributed by atoms with E-state index in [4.69, 9.17) is 0 Å². The zero-order chi connectivity index (χ0) is 12.3. The number of phenolic OH excluding ortho intramolecular Hbond substituents is 1. The van der Waals surface area contributed by atoms with E-state index in [1.165, 1.54) is 5.56 Å². The topological polar surface area (TPSA) is 23.5 Å². The lowest BCUT2D eigenvalue weighted by Gasteiger charge is -2.33. The second-order valence-electron chi connectivity index (χ2n) is 4.99. The summed E-state index contributed by atoms with van der Waals surface area (Å²) in [5.74, 6) is 0.357. The average Bonchev–Trinajstić information content (AvgIpc) is 2.52. The molecule has 1 N–H and O–H groups in total. The molecule has 1 aliphatic rings. The molecule has 0 spiro atoms. The van der Waals surface area contributed by atoms with Crippen LogP contribution in [0.2, 0.25) is 0 Å². The lowest BCUT2D eigenvalue weighted by atomic mass is 9.77. The highest BCUT2D eigenvalue weighted by atomic mass is 16.3. The van der Waals surface area contributed by atoms with Gasteiger partial charge in [0.05, 0.1) is 0 Å². The zero-order valence-electron chi connectivity index (χ0n) is 10.7. The van der Waals surface area contributed by atoms with Gasteiger partial charge in [-0.05, 0) is 37.6 Å². The third-order valence-electron chi connectivity index (χ3n) is 3.72. The summed E-state index contributed by atoms with van der Waals surface area (Å²) in [6.07, 6.45) is 6.76. The summed E-state index contributed by atoms with van der Waals surface area (Å²) in [7, 11) is 2.17. The van der Waals surface area contributed by atoms with Crippen molar-refractivity contribution in [2.45, 2.75) is 25.2 Å². The van der Waals surface area contributed by atoms with Crippen LogP contribution < -0.4 is 0 Å². The fourth-order valence-electron chi connectivity index (χ4n) is 2.65. The van der Waals surface area contributed by atoms with Crippen molar-refractivity contribution in [2.24, 2.45) is 0 Å². The van der Waals surface area contributed by atoms with Crippen LogP contribution in [0, 0.1) is 0 Å². The van der Waals surface area contributed by atoms with Crippen molar-refractivity contribution in [1.82, 2.24) is 4.90 Å². The molecule has 0 radical (unpaired) electrons. The Hall–Kier alpha value is -1.28. The van der Waals surface area contributed by atoms with Crippen LogP contribution in [0.5, 0.6) is 5.75 Å². The molecule has 2 nitrogen and oxygen atoms in total. The summed E-state index contributed by atoms with van der Waals surface area (Å²) in [5, 5.41) is 9.65. The van der Waals surface area contributed by atoms with Crippen molar-refractivity contribution < 1.29 is 5.11 Å². The van der Waals surface area contributed by atoms with Gasteiger partial charge in [-0.1, -0.05) is 31.2 Å². The number of rotatable bonds is 2. The van der Waals surface area contributed by atoms with Crippen LogP contribution >= 0.6 is 0 Å². The van der Waals surface area contributed by atoms with E-state index in [2.05, 4.69) is 37.1 Å². The number of phenols is 1. The van der Waals surface area contributed by atoms with Crippen molar-refractivity contribution in [3.8, 4) is 5.75 Å². The molecule has 0 saturated heterocycles. The van der Waals surface area contributed by atoms with Crippen LogP contribution in [0.1, 0.15) is 25.3 Å². The summed E-state index contributed by atoms with van der Waals surface area (Å²) < 4.78 is 0. The largest absolute Gasteiger partial charge is 0.508 e. The monoisotopic (exact) mass is 231 g/mol. The first-order valence-corrected chi connectivity index (χ1v) is 6.32. The first kappa shape index (κ1) is 12.2. The van der Waals surface area contributed by atoms with Gasteiger partial charge in [0.2, 0.25) is 0 Å². The summed E-state index contributed by atoms with van der Waals surface area (Å²) in [6, 6.07) is 7.68. The van der Waals surface area contributed by atoms with E-state index in [0.29, 0.717) is 5.75 Å². The first-order chi connectivity index (χ1) is 8.16. The van der Waals surface area contributed by atoms with E-state index in [9.17, 15) is 5.11 Å². The van der Waals surface area contributed by atoms with Gasteiger partial charge in [0, 0.05) is 18.5 Å². The summed E-state index contributed by atoms with van der Waals surface area (Å²) in [4.78, 5) is 2.37. The first-order valence-electron chi connectivity index (χ1n) is 6.32. The van der Waals surface area contributed by atoms with Gasteiger partial charge in [-0.15, -0.1) is 0 Å². The number of aromatic hydroxyl groups is 1. The standard InChI is InChI=1S/C15H21NO/c1-3-15(9-4-5-10-16(2)12-15)13-7-6-8-14(17)11-13/h4,6-9,11,17H,3,5,10,12H2,1-2H3. The molecule has 0 saturated carbocycles. The Labute approximate surface area is 104 Å². The van der Waals surface area contributed by atoms with Crippen LogP contribution in [0.15, 0.2) is 36.4 Å². The molecule has 1 aromatic rings. The molecule has 0 amide bonds. The lowest BCUT2D eigenvalue weighted by molar-refractivity contribution is 0.282. The maximum Gasteiger partial charge on any atom is 0.115 e. The molecule has 1 heterocycles. The Morgan fingerprint density at radius 1 is 1.41 bits per heavy atom. The lowest BCUT2D eigenvalue weighted by Crippen LogP contribution is -2.36. The number of nitrogens with zero attached hydrogens (tertiary/aromatic N) is 1. The molecule has 1 unspecified atom stereocenters. The van der Waals surface area contributed by atoms with Gasteiger partial charge in [0.1, 0.15) is 5.75 Å². The van der Waals surface area contributed by atoms with Gasteiger partial charge in [0.25, 0.3) is 0 Å². The van der Waals surface area contributed by atoms with E-state index in [-0.39, 0.29) is 5.41 Å². The van der Waals surface area contributed by atoms with E-state index in [1.807, 2.05) is 12.1 Å². The van der Waals surface area contributed by atoms with Crippen molar-refractivity contribution in [3.63, 3.8) is 0 Å². The highest BCUT2D eigenvalue weighted by molar-refractivity contribution is 5.37. The Balaban J connectivity index is 2.41. The van der Waals surface area contributed by atoms with Crippen molar-refractivity contribution in [1.29, 1.82) is 0 Å². The van der Waals surface area contributed by atoms with Crippen LogP contribution in [-0.2, 0) is 5.41 Å². The molecule has 2 heteroatoms. The summed E-state index contributed by atoms with van der Waals surface area (Å²) >= 11 is 0. The molecular formula is C15H21NO. The molecule has 0 bridgehead atoms. The highest BCUT2D eigenvalue weighted by Gasteiger charge is 2.30. The molecule has 17 heavy (non-hydrogen) atoms. The maximum atomic E-state index is 9.65. The third-order valence-corrected chi connectivity index (χ3v) is 3.72. The van der Waals surface area contributed by atoms with E-state index in [1.54, 1.807) is 6.07 Å². The van der Waals surface area contributed by atoms with Gasteiger partial charge in [-0.2, -0.15) is 0 Å². The van der Waals surface area contributed by atoms with Crippen LogP contribution in [0.25, 0.3) is 0 Å². The molecule has 0 aliphatic carbocycles. The van der Waals surface area contributed by atoms with E-state index < -0.39 is 0 Å². The van der Waals surface area contributed by atoms with Crippen molar-refractivity contribution >= 4 is 0 Å². The average molecular weight is 231 g/mol. The molecule has 0 fully saturated rings. The van der Waals surface area contributed by atoms with Crippen molar-refractivity contribution in [3.05, 3.63) is 42.0 Å². The SMILES string of the molecule is CCC1(c2cccc(O)c2)C=CCCN(C)C1. The van der Waals surface area contributed by atoms with E-state index >= 15 is 0 Å². The van der Waals surface area contributed by atoms with Gasteiger partial charge in [-0.25, -0.2) is 0 Å². The zero-order valence-corrected chi connectivity index (χ0v) is 10.7. The van der Waals surface area contributed by atoms with Crippen LogP contribution in [0.3, 0.4) is 0 Å². The maximum absolute atomic E-state index is 9.65. The Morgan fingerprint density at radius 3 is 2.94 bits per heavy atom. The Kier molecular flexibility index (Phi) is 3.53. The molecule has 0 aromatic heterocycles. The second-order valence-corrected chi connectivity index (χ2v) is 4.99. The third kappa shape index (κ3) is 2.52. The van der Waals surface area contributed by atoms with Crippen molar-refractivity contribution in [2.75, 3.05) is 20.1 Å². The van der Waals surface area contributed by atoms with Gasteiger partial charge in [0.15, 0.2) is 0 Å². The fraction of sp³-hybridized carbons (Fsp3) is 0.467. The Morgan fingerprint density at radius 2 is 2.24 bits per heavy atom. The Bertz CT molecular complexity index is 413. The highest BCUT2D eigenvalue weighted by Crippen LogP contribution is 2.33. The molecule has 1 aliphatic heterocycles. The predicted molar refractivity (Wildman–Crippen MR) is 71.3 cm³/mol. The molecule has 92 valence electrons. The number of benzene rings is 1. The quantitative estimate of drug-likeness (QED) is 0.791. The minimum Gasteiger partial charge on any atom is -0.508 e. The minimum atomic E-state index is 0.0456. The van der Waals surface area contributed by atoms with E-state index in [0.717, 1.165) is 25.9 Å². The number of likely N-dealkylation sites (N-methyl/N-ethyl adjacent to an activating group) is 1.